The number of carbonyl (C=O) groups excluding carboxylic acids is 1. The van der Waals surface area contributed by atoms with Crippen LogP contribution in [0.3, 0.4) is 0 Å². The number of ether oxygens (including phenoxy) is 1. The molecule has 2 aromatic rings. The van der Waals surface area contributed by atoms with Crippen molar-refractivity contribution >= 4 is 17.6 Å². The van der Waals surface area contributed by atoms with Gasteiger partial charge >= 0.3 is 5.97 Å². The van der Waals surface area contributed by atoms with Gasteiger partial charge in [0.25, 0.3) is 5.82 Å². The van der Waals surface area contributed by atoms with Gasteiger partial charge in [-0.25, -0.2) is 14.5 Å². The molecular weight excluding hydrogens is 280 g/mol. The van der Waals surface area contributed by atoms with Gasteiger partial charge in [0.1, 0.15) is 6.33 Å². The molecule has 1 aromatic heterocycles. The monoisotopic (exact) mass is 294 g/mol. The van der Waals surface area contributed by atoms with E-state index in [0.29, 0.717) is 10.7 Å². The molecule has 1 unspecified atom stereocenters. The zero-order valence-electron chi connectivity index (χ0n) is 11.4. The lowest BCUT2D eigenvalue weighted by molar-refractivity contribution is 0.0587. The van der Waals surface area contributed by atoms with Crippen molar-refractivity contribution in [2.75, 3.05) is 14.2 Å². The number of carbonyl (C=O) groups is 1. The number of benzene rings is 1. The third-order valence-corrected chi connectivity index (χ3v) is 3.31. The molecule has 0 saturated heterocycles. The number of hydrogen-bond acceptors (Lipinski definition) is 5. The third kappa shape index (κ3) is 2.81. The number of halogens is 1. The van der Waals surface area contributed by atoms with Crippen molar-refractivity contribution in [1.82, 2.24) is 20.1 Å². The molecule has 0 aliphatic heterocycles. The molecule has 0 bridgehead atoms. The number of nitrogens with zero attached hydrogens (tertiary/aromatic N) is 3. The van der Waals surface area contributed by atoms with Crippen LogP contribution in [0.4, 0.5) is 0 Å². The van der Waals surface area contributed by atoms with E-state index in [1.54, 1.807) is 0 Å². The molecule has 0 saturated carbocycles. The Labute approximate surface area is 121 Å². The smallest absolute Gasteiger partial charge is 0.377 e. The topological polar surface area (TPSA) is 69.0 Å². The highest BCUT2D eigenvalue weighted by molar-refractivity contribution is 6.32. The molecule has 20 heavy (non-hydrogen) atoms. The van der Waals surface area contributed by atoms with Crippen LogP contribution >= 0.6 is 11.6 Å². The maximum absolute atomic E-state index is 11.3. The largest absolute Gasteiger partial charge is 0.463 e. The second-order valence-electron chi connectivity index (χ2n) is 4.23. The quantitative estimate of drug-likeness (QED) is 0.873. The van der Waals surface area contributed by atoms with Crippen LogP contribution in [-0.2, 0) is 4.74 Å². The number of hydrogen-bond donors (Lipinski definition) is 1. The molecular formula is C13H15ClN4O2. The Bertz CT molecular complexity index is 627. The van der Waals surface area contributed by atoms with E-state index in [0.717, 1.165) is 5.56 Å². The van der Waals surface area contributed by atoms with Gasteiger partial charge in [0, 0.05) is 6.04 Å². The van der Waals surface area contributed by atoms with E-state index in [9.17, 15) is 4.79 Å². The fourth-order valence-corrected chi connectivity index (χ4v) is 1.98. The molecule has 1 heterocycles. The Morgan fingerprint density at radius 2 is 2.25 bits per heavy atom. The van der Waals surface area contributed by atoms with Crippen LogP contribution < -0.4 is 5.32 Å². The number of nitrogens with one attached hydrogen (secondary N) is 1. The highest BCUT2D eigenvalue weighted by atomic mass is 35.5. The highest BCUT2D eigenvalue weighted by Gasteiger charge is 2.14. The molecule has 0 amide bonds. The maximum atomic E-state index is 11.3. The molecule has 6 nitrogen and oxygen atoms in total. The van der Waals surface area contributed by atoms with E-state index in [1.165, 1.54) is 18.1 Å². The van der Waals surface area contributed by atoms with Crippen LogP contribution in [0.15, 0.2) is 24.5 Å². The number of esters is 1. The molecule has 1 atom stereocenters. The molecule has 0 fully saturated rings. The van der Waals surface area contributed by atoms with Gasteiger partial charge in [0.05, 0.1) is 17.8 Å². The fraction of sp³-hybridized carbons (Fsp3) is 0.308. The van der Waals surface area contributed by atoms with Crippen molar-refractivity contribution in [3.8, 4) is 5.69 Å². The molecule has 106 valence electrons. The molecule has 1 N–H and O–H groups in total. The minimum absolute atomic E-state index is 0.00349. The second kappa shape index (κ2) is 6.02. The average Bonchev–Trinajstić information content (AvgIpc) is 2.94. The van der Waals surface area contributed by atoms with Gasteiger partial charge < -0.3 is 10.1 Å². The Balaban J connectivity index is 2.34. The van der Waals surface area contributed by atoms with E-state index in [4.69, 9.17) is 11.6 Å². The van der Waals surface area contributed by atoms with Crippen LogP contribution in [0.1, 0.15) is 29.1 Å². The first kappa shape index (κ1) is 14.5. The summed E-state index contributed by atoms with van der Waals surface area (Å²) in [6, 6.07) is 5.84. The van der Waals surface area contributed by atoms with Gasteiger partial charge in [-0.1, -0.05) is 17.7 Å². The van der Waals surface area contributed by atoms with E-state index < -0.39 is 5.97 Å². The number of rotatable bonds is 4. The van der Waals surface area contributed by atoms with Crippen molar-refractivity contribution in [1.29, 1.82) is 0 Å². The summed E-state index contributed by atoms with van der Waals surface area (Å²) in [5, 5.41) is 7.71. The lowest BCUT2D eigenvalue weighted by Crippen LogP contribution is -2.12. The standard InChI is InChI=1S/C13H15ClN4O2/c1-8(15-2)9-4-5-11(10(14)6-9)18-7-16-12(17-18)13(19)20-3/h4-8,15H,1-3H3. The zero-order valence-corrected chi connectivity index (χ0v) is 12.2. The highest BCUT2D eigenvalue weighted by Crippen LogP contribution is 2.24. The molecule has 1 aromatic carbocycles. The molecule has 2 rings (SSSR count). The van der Waals surface area contributed by atoms with E-state index in [2.05, 4.69) is 20.1 Å². The van der Waals surface area contributed by atoms with Crippen LogP contribution in [0, 0.1) is 0 Å². The SMILES string of the molecule is CNC(C)c1ccc(-n2cnc(C(=O)OC)n2)c(Cl)c1. The predicted octanol–water partition coefficient (Wildman–Crippen LogP) is 1.99. The third-order valence-electron chi connectivity index (χ3n) is 3.01. The normalized spacial score (nSPS) is 12.2. The first-order chi connectivity index (χ1) is 9.56. The van der Waals surface area contributed by atoms with Crippen molar-refractivity contribution in [2.24, 2.45) is 0 Å². The van der Waals surface area contributed by atoms with Crippen LogP contribution in [-0.4, -0.2) is 34.9 Å². The first-order valence-corrected chi connectivity index (χ1v) is 6.41. The summed E-state index contributed by atoms with van der Waals surface area (Å²) in [5.74, 6) is -0.587. The lowest BCUT2D eigenvalue weighted by Gasteiger charge is -2.12. The molecule has 7 heteroatoms. The summed E-state index contributed by atoms with van der Waals surface area (Å²) in [7, 11) is 3.16. The van der Waals surface area contributed by atoms with Gasteiger partial charge in [-0.15, -0.1) is 5.10 Å². The fourth-order valence-electron chi connectivity index (χ4n) is 1.71. The van der Waals surface area contributed by atoms with Gasteiger partial charge in [-0.2, -0.15) is 0 Å². The van der Waals surface area contributed by atoms with E-state index in [1.807, 2.05) is 32.2 Å². The maximum Gasteiger partial charge on any atom is 0.377 e. The van der Waals surface area contributed by atoms with Crippen LogP contribution in [0.2, 0.25) is 5.02 Å². The summed E-state index contributed by atoms with van der Waals surface area (Å²) in [4.78, 5) is 15.2. The Kier molecular flexibility index (Phi) is 4.36. The minimum Gasteiger partial charge on any atom is -0.463 e. The van der Waals surface area contributed by atoms with Crippen LogP contribution in [0.5, 0.6) is 0 Å². The van der Waals surface area contributed by atoms with E-state index in [-0.39, 0.29) is 11.9 Å². The molecule has 0 spiro atoms. The summed E-state index contributed by atoms with van der Waals surface area (Å²) >= 11 is 6.26. The average molecular weight is 295 g/mol. The second-order valence-corrected chi connectivity index (χ2v) is 4.63. The Morgan fingerprint density at radius 1 is 1.50 bits per heavy atom. The van der Waals surface area contributed by atoms with Crippen molar-refractivity contribution in [3.63, 3.8) is 0 Å². The predicted molar refractivity (Wildman–Crippen MR) is 75.2 cm³/mol. The summed E-state index contributed by atoms with van der Waals surface area (Å²) < 4.78 is 6.01. The Morgan fingerprint density at radius 3 is 2.85 bits per heavy atom. The molecule has 0 radical (unpaired) electrons. The number of aromatic nitrogens is 3. The van der Waals surface area contributed by atoms with Gasteiger partial charge in [-0.05, 0) is 31.7 Å². The molecule has 0 aliphatic rings. The van der Waals surface area contributed by atoms with E-state index >= 15 is 0 Å². The van der Waals surface area contributed by atoms with Gasteiger partial charge in [0.2, 0.25) is 0 Å². The summed E-state index contributed by atoms with van der Waals surface area (Å²) in [6.45, 7) is 2.04. The minimum atomic E-state index is -0.583. The number of methoxy groups -OCH3 is 1. The lowest BCUT2D eigenvalue weighted by atomic mass is 10.1. The summed E-state index contributed by atoms with van der Waals surface area (Å²) in [6.07, 6.45) is 1.43. The first-order valence-electron chi connectivity index (χ1n) is 6.04. The van der Waals surface area contributed by atoms with Gasteiger partial charge in [0.15, 0.2) is 0 Å². The zero-order chi connectivity index (χ0) is 14.7. The summed E-state index contributed by atoms with van der Waals surface area (Å²) in [5.41, 5.74) is 1.72. The Hall–Kier alpha value is -1.92. The van der Waals surface area contributed by atoms with Crippen molar-refractivity contribution in [2.45, 2.75) is 13.0 Å². The van der Waals surface area contributed by atoms with Crippen molar-refractivity contribution in [3.05, 3.63) is 40.9 Å². The van der Waals surface area contributed by atoms with Gasteiger partial charge in [-0.3, -0.25) is 0 Å². The van der Waals surface area contributed by atoms with Crippen molar-refractivity contribution < 1.29 is 9.53 Å². The van der Waals surface area contributed by atoms with Crippen LogP contribution in [0.25, 0.3) is 5.69 Å². The molecule has 0 aliphatic carbocycles.